The number of hydrogen-bond acceptors (Lipinski definition) is 2. The Balaban J connectivity index is 1.83. The van der Waals surface area contributed by atoms with E-state index in [2.05, 4.69) is 58.1 Å². The Bertz CT molecular complexity index is 450. The van der Waals surface area contributed by atoms with Crippen LogP contribution in [0.1, 0.15) is 45.6 Å². The SMILES string of the molecule is CC(C)(C)[Si](C)(C)O[C@H]1CCC[C@H]1COCc1ccccc1. The van der Waals surface area contributed by atoms with E-state index >= 15 is 0 Å². The number of rotatable bonds is 6. The molecule has 0 aliphatic heterocycles. The van der Waals surface area contributed by atoms with Gasteiger partial charge in [0.05, 0.1) is 19.3 Å². The first-order valence-corrected chi connectivity index (χ1v) is 11.5. The summed E-state index contributed by atoms with van der Waals surface area (Å²) in [6.45, 7) is 13.2. The molecule has 1 aliphatic carbocycles. The fraction of sp³-hybridized carbons (Fsp3) is 0.684. The molecule has 0 spiro atoms. The maximum atomic E-state index is 6.64. The molecule has 0 unspecified atom stereocenters. The Morgan fingerprint density at radius 1 is 1.09 bits per heavy atom. The van der Waals surface area contributed by atoms with E-state index in [4.69, 9.17) is 9.16 Å². The second kappa shape index (κ2) is 7.29. The highest BCUT2D eigenvalue weighted by molar-refractivity contribution is 6.74. The Morgan fingerprint density at radius 2 is 1.77 bits per heavy atom. The van der Waals surface area contributed by atoms with E-state index in [9.17, 15) is 0 Å². The van der Waals surface area contributed by atoms with Gasteiger partial charge in [-0.25, -0.2) is 0 Å². The van der Waals surface area contributed by atoms with E-state index in [1.807, 2.05) is 6.07 Å². The van der Waals surface area contributed by atoms with Gasteiger partial charge in [-0.1, -0.05) is 57.5 Å². The van der Waals surface area contributed by atoms with Crippen molar-refractivity contribution in [2.75, 3.05) is 6.61 Å². The highest BCUT2D eigenvalue weighted by Gasteiger charge is 2.41. The van der Waals surface area contributed by atoms with Crippen molar-refractivity contribution in [3.63, 3.8) is 0 Å². The lowest BCUT2D eigenvalue weighted by molar-refractivity contribution is 0.0412. The van der Waals surface area contributed by atoms with Crippen LogP contribution in [0.4, 0.5) is 0 Å². The molecule has 0 bridgehead atoms. The minimum Gasteiger partial charge on any atom is -0.414 e. The first kappa shape index (κ1) is 17.7. The molecule has 0 N–H and O–H groups in total. The first-order valence-electron chi connectivity index (χ1n) is 8.59. The second-order valence-electron chi connectivity index (χ2n) is 8.11. The molecule has 2 nitrogen and oxygen atoms in total. The number of benzene rings is 1. The molecule has 22 heavy (non-hydrogen) atoms. The average Bonchev–Trinajstić information content (AvgIpc) is 2.85. The Labute approximate surface area is 137 Å². The van der Waals surface area contributed by atoms with Crippen LogP contribution in [0.2, 0.25) is 18.1 Å². The van der Waals surface area contributed by atoms with E-state index in [1.54, 1.807) is 0 Å². The largest absolute Gasteiger partial charge is 0.414 e. The van der Waals surface area contributed by atoms with Gasteiger partial charge in [0.15, 0.2) is 8.32 Å². The van der Waals surface area contributed by atoms with Crippen molar-refractivity contribution in [1.29, 1.82) is 0 Å². The van der Waals surface area contributed by atoms with E-state index in [-0.39, 0.29) is 5.04 Å². The molecule has 1 aliphatic rings. The van der Waals surface area contributed by atoms with Gasteiger partial charge in [-0.3, -0.25) is 0 Å². The van der Waals surface area contributed by atoms with Gasteiger partial charge in [-0.15, -0.1) is 0 Å². The summed E-state index contributed by atoms with van der Waals surface area (Å²) in [7, 11) is -1.67. The third-order valence-electron chi connectivity index (χ3n) is 5.29. The highest BCUT2D eigenvalue weighted by Crippen LogP contribution is 2.40. The van der Waals surface area contributed by atoms with Crippen LogP contribution in [-0.4, -0.2) is 21.0 Å². The monoisotopic (exact) mass is 320 g/mol. The summed E-state index contributed by atoms with van der Waals surface area (Å²) >= 11 is 0. The van der Waals surface area contributed by atoms with Crippen molar-refractivity contribution in [2.45, 2.75) is 70.9 Å². The summed E-state index contributed by atoms with van der Waals surface area (Å²) in [5, 5.41) is 0.283. The predicted molar refractivity (Wildman–Crippen MR) is 95.5 cm³/mol. The fourth-order valence-corrected chi connectivity index (χ4v) is 4.23. The average molecular weight is 321 g/mol. The van der Waals surface area contributed by atoms with Gasteiger partial charge in [-0.05, 0) is 36.5 Å². The van der Waals surface area contributed by atoms with Crippen molar-refractivity contribution in [1.82, 2.24) is 0 Å². The molecule has 124 valence electrons. The van der Waals surface area contributed by atoms with E-state index in [1.165, 1.54) is 24.8 Å². The molecule has 0 aromatic heterocycles. The molecule has 0 heterocycles. The van der Waals surface area contributed by atoms with Crippen LogP contribution in [0, 0.1) is 5.92 Å². The molecule has 1 aromatic carbocycles. The molecule has 1 aromatic rings. The van der Waals surface area contributed by atoms with Gasteiger partial charge in [-0.2, -0.15) is 0 Å². The van der Waals surface area contributed by atoms with Gasteiger partial charge in [0.25, 0.3) is 0 Å². The third-order valence-corrected chi connectivity index (χ3v) is 9.79. The molecule has 0 amide bonds. The van der Waals surface area contributed by atoms with Crippen LogP contribution < -0.4 is 0 Å². The number of hydrogen-bond donors (Lipinski definition) is 0. The molecular formula is C19H32O2Si. The fourth-order valence-electron chi connectivity index (χ4n) is 2.81. The van der Waals surface area contributed by atoms with E-state index in [0.717, 1.165) is 6.61 Å². The smallest absolute Gasteiger partial charge is 0.192 e. The van der Waals surface area contributed by atoms with Crippen LogP contribution in [0.15, 0.2) is 30.3 Å². The van der Waals surface area contributed by atoms with Crippen molar-refractivity contribution >= 4 is 8.32 Å². The van der Waals surface area contributed by atoms with Gasteiger partial charge >= 0.3 is 0 Å². The Kier molecular flexibility index (Phi) is 5.86. The lowest BCUT2D eigenvalue weighted by atomic mass is 10.1. The molecule has 3 heteroatoms. The lowest BCUT2D eigenvalue weighted by Crippen LogP contribution is -2.45. The van der Waals surface area contributed by atoms with Crippen molar-refractivity contribution in [3.05, 3.63) is 35.9 Å². The van der Waals surface area contributed by atoms with Crippen LogP contribution >= 0.6 is 0 Å². The third kappa shape index (κ3) is 4.67. The second-order valence-corrected chi connectivity index (χ2v) is 12.9. The standard InChI is InChI=1S/C19H32O2Si/c1-19(2,3)22(4,5)21-18-13-9-12-17(18)15-20-14-16-10-7-6-8-11-16/h6-8,10-11,17-18H,9,12-15H2,1-5H3/t17-,18-/m0/s1. The Hall–Kier alpha value is -0.643. The number of ether oxygens (including phenoxy) is 1. The quantitative estimate of drug-likeness (QED) is 0.654. The van der Waals surface area contributed by atoms with Gasteiger partial charge in [0.2, 0.25) is 0 Å². The summed E-state index contributed by atoms with van der Waals surface area (Å²) in [6, 6.07) is 10.4. The highest BCUT2D eigenvalue weighted by atomic mass is 28.4. The van der Waals surface area contributed by atoms with E-state index in [0.29, 0.717) is 18.6 Å². The van der Waals surface area contributed by atoms with E-state index < -0.39 is 8.32 Å². The van der Waals surface area contributed by atoms with Crippen molar-refractivity contribution < 1.29 is 9.16 Å². The predicted octanol–water partition coefficient (Wildman–Crippen LogP) is 5.39. The molecule has 2 rings (SSSR count). The van der Waals surface area contributed by atoms with Gasteiger partial charge < -0.3 is 9.16 Å². The van der Waals surface area contributed by atoms with Crippen LogP contribution in [-0.2, 0) is 15.8 Å². The Morgan fingerprint density at radius 3 is 2.41 bits per heavy atom. The molecule has 0 radical (unpaired) electrons. The van der Waals surface area contributed by atoms with Crippen LogP contribution in [0.3, 0.4) is 0 Å². The van der Waals surface area contributed by atoms with Gasteiger partial charge in [0, 0.05) is 5.92 Å². The molecular weight excluding hydrogens is 288 g/mol. The minimum absolute atomic E-state index is 0.283. The van der Waals surface area contributed by atoms with Crippen molar-refractivity contribution in [2.24, 2.45) is 5.92 Å². The maximum Gasteiger partial charge on any atom is 0.192 e. The lowest BCUT2D eigenvalue weighted by Gasteiger charge is -2.39. The summed E-state index contributed by atoms with van der Waals surface area (Å²) in [6.07, 6.45) is 4.12. The van der Waals surface area contributed by atoms with Gasteiger partial charge in [0.1, 0.15) is 0 Å². The summed E-state index contributed by atoms with van der Waals surface area (Å²) in [4.78, 5) is 0. The van der Waals surface area contributed by atoms with Crippen LogP contribution in [0.25, 0.3) is 0 Å². The minimum atomic E-state index is -1.67. The molecule has 1 fully saturated rings. The zero-order chi connectivity index (χ0) is 16.2. The molecule has 1 saturated carbocycles. The topological polar surface area (TPSA) is 18.5 Å². The summed E-state index contributed by atoms with van der Waals surface area (Å²) in [5.74, 6) is 0.567. The normalized spacial score (nSPS) is 23.0. The van der Waals surface area contributed by atoms with Crippen molar-refractivity contribution in [3.8, 4) is 0 Å². The zero-order valence-corrected chi connectivity index (χ0v) is 15.9. The molecule has 2 atom stereocenters. The maximum absolute atomic E-state index is 6.64. The zero-order valence-electron chi connectivity index (χ0n) is 14.9. The van der Waals surface area contributed by atoms with Crippen LogP contribution in [0.5, 0.6) is 0 Å². The first-order chi connectivity index (χ1) is 10.3. The summed E-state index contributed by atoms with van der Waals surface area (Å²) in [5.41, 5.74) is 1.25. The molecule has 0 saturated heterocycles. The summed E-state index contributed by atoms with van der Waals surface area (Å²) < 4.78 is 12.6.